The Morgan fingerprint density at radius 2 is 2.15 bits per heavy atom. The van der Waals surface area contributed by atoms with E-state index in [-0.39, 0.29) is 16.7 Å². The lowest BCUT2D eigenvalue weighted by molar-refractivity contribution is 0.145. The minimum atomic E-state index is -2.87. The van der Waals surface area contributed by atoms with Crippen LogP contribution in [-0.4, -0.2) is 4.98 Å². The van der Waals surface area contributed by atoms with Crippen molar-refractivity contribution in [2.45, 2.75) is 13.0 Å². The van der Waals surface area contributed by atoms with Gasteiger partial charge in [-0.1, -0.05) is 0 Å². The molecule has 2 N–H and O–H groups in total. The highest BCUT2D eigenvalue weighted by Crippen LogP contribution is 2.30. The molecule has 0 atom stereocenters. The summed E-state index contributed by atoms with van der Waals surface area (Å²) in [5.74, 6) is -1.04. The molecule has 0 saturated carbocycles. The molecule has 2 nitrogen and oxygen atoms in total. The van der Waals surface area contributed by atoms with E-state index in [0.717, 1.165) is 6.20 Å². The number of aromatic nitrogens is 1. The lowest BCUT2D eigenvalue weighted by atomic mass is 10.2. The van der Waals surface area contributed by atoms with Crippen LogP contribution in [0.2, 0.25) is 0 Å². The average Bonchev–Trinajstić information content (AvgIpc) is 2.04. The molecule has 0 aromatic carbocycles. The fourth-order valence-corrected chi connectivity index (χ4v) is 1.31. The lowest BCUT2D eigenvalue weighted by Gasteiger charge is -2.06. The Bertz CT molecular complexity index is 317. The van der Waals surface area contributed by atoms with Crippen LogP contribution in [-0.2, 0) is 6.54 Å². The highest BCUT2D eigenvalue weighted by Gasteiger charge is 2.20. The molecule has 0 bridgehead atoms. The summed E-state index contributed by atoms with van der Waals surface area (Å²) in [6.07, 6.45) is -1.75. The van der Waals surface area contributed by atoms with E-state index in [1.807, 2.05) is 0 Å². The summed E-state index contributed by atoms with van der Waals surface area (Å²) in [4.78, 5) is 3.56. The molecule has 72 valence electrons. The number of hydrogen-bond acceptors (Lipinski definition) is 2. The summed E-state index contributed by atoms with van der Waals surface area (Å²) in [6, 6.07) is 0. The summed E-state index contributed by atoms with van der Waals surface area (Å²) in [7, 11) is 0. The Morgan fingerprint density at radius 3 is 2.62 bits per heavy atom. The highest BCUT2D eigenvalue weighted by molar-refractivity contribution is 9.10. The largest absolute Gasteiger partial charge is 0.325 e. The van der Waals surface area contributed by atoms with Crippen molar-refractivity contribution >= 4 is 15.9 Å². The molecule has 0 spiro atoms. The van der Waals surface area contributed by atoms with Gasteiger partial charge in [-0.3, -0.25) is 4.98 Å². The molecule has 6 heteroatoms. The van der Waals surface area contributed by atoms with E-state index in [0.29, 0.717) is 0 Å². The van der Waals surface area contributed by atoms with Crippen LogP contribution in [0.4, 0.5) is 13.2 Å². The zero-order valence-corrected chi connectivity index (χ0v) is 7.98. The first-order valence-corrected chi connectivity index (χ1v) is 4.18. The number of nitrogens with zero attached hydrogens (tertiary/aromatic N) is 1. The summed E-state index contributed by atoms with van der Waals surface area (Å²) in [6.45, 7) is -0.196. The van der Waals surface area contributed by atoms with Crippen molar-refractivity contribution in [2.75, 3.05) is 0 Å². The van der Waals surface area contributed by atoms with Crippen LogP contribution < -0.4 is 5.73 Å². The molecular formula is C7H6BrF3N2. The predicted octanol–water partition coefficient (Wildman–Crippen LogP) is 2.38. The number of halogens is 4. The normalized spacial score (nSPS) is 10.9. The summed E-state index contributed by atoms with van der Waals surface area (Å²) >= 11 is 2.79. The van der Waals surface area contributed by atoms with Gasteiger partial charge in [0, 0.05) is 17.2 Å². The molecule has 0 saturated heterocycles. The Balaban J connectivity index is 3.30. The van der Waals surface area contributed by atoms with E-state index >= 15 is 0 Å². The van der Waals surface area contributed by atoms with E-state index in [1.165, 1.54) is 0 Å². The van der Waals surface area contributed by atoms with E-state index in [2.05, 4.69) is 20.9 Å². The van der Waals surface area contributed by atoms with E-state index in [9.17, 15) is 13.2 Å². The zero-order chi connectivity index (χ0) is 10.0. The van der Waals surface area contributed by atoms with Crippen molar-refractivity contribution in [1.82, 2.24) is 4.98 Å². The van der Waals surface area contributed by atoms with Crippen LogP contribution in [0, 0.1) is 5.82 Å². The van der Waals surface area contributed by atoms with Gasteiger partial charge in [0.2, 0.25) is 0 Å². The van der Waals surface area contributed by atoms with Crippen molar-refractivity contribution in [1.29, 1.82) is 0 Å². The van der Waals surface area contributed by atoms with Gasteiger partial charge < -0.3 is 5.73 Å². The van der Waals surface area contributed by atoms with E-state index < -0.39 is 17.8 Å². The minimum Gasteiger partial charge on any atom is -0.325 e. The summed E-state index contributed by atoms with van der Waals surface area (Å²) in [5.41, 5.74) is 4.27. The van der Waals surface area contributed by atoms with Gasteiger partial charge in [0.25, 0.3) is 6.43 Å². The van der Waals surface area contributed by atoms with E-state index in [4.69, 9.17) is 5.73 Å². The van der Waals surface area contributed by atoms with Gasteiger partial charge in [0.15, 0.2) is 5.82 Å². The predicted molar refractivity (Wildman–Crippen MR) is 44.7 cm³/mol. The summed E-state index contributed by atoms with van der Waals surface area (Å²) in [5, 5.41) is 0. The number of alkyl halides is 2. The molecule has 0 aliphatic heterocycles. The van der Waals surface area contributed by atoms with Gasteiger partial charge in [-0.2, -0.15) is 0 Å². The second-order valence-electron chi connectivity index (χ2n) is 2.29. The van der Waals surface area contributed by atoms with Crippen LogP contribution in [0.15, 0.2) is 10.7 Å². The molecular weight excluding hydrogens is 249 g/mol. The molecule has 0 radical (unpaired) electrons. The van der Waals surface area contributed by atoms with Crippen molar-refractivity contribution in [3.05, 3.63) is 27.7 Å². The summed E-state index contributed by atoms with van der Waals surface area (Å²) < 4.78 is 37.6. The first kappa shape index (κ1) is 10.5. The molecule has 0 aliphatic carbocycles. The molecule has 0 fully saturated rings. The first-order valence-electron chi connectivity index (χ1n) is 3.39. The SMILES string of the molecule is NCc1ncc(Br)c(C(F)F)c1F. The van der Waals surface area contributed by atoms with Gasteiger partial charge in [-0.15, -0.1) is 0 Å². The Hall–Kier alpha value is -0.620. The fourth-order valence-electron chi connectivity index (χ4n) is 0.863. The highest BCUT2D eigenvalue weighted by atomic mass is 79.9. The molecule has 1 rings (SSSR count). The number of pyridine rings is 1. The first-order chi connectivity index (χ1) is 6.07. The van der Waals surface area contributed by atoms with E-state index in [1.54, 1.807) is 0 Å². The zero-order valence-electron chi connectivity index (χ0n) is 6.40. The maximum atomic E-state index is 13.1. The van der Waals surface area contributed by atoms with Crippen molar-refractivity contribution < 1.29 is 13.2 Å². The van der Waals surface area contributed by atoms with Crippen LogP contribution in [0.1, 0.15) is 17.7 Å². The molecule has 0 aliphatic rings. The second-order valence-corrected chi connectivity index (χ2v) is 3.14. The molecule has 0 amide bonds. The number of hydrogen-bond donors (Lipinski definition) is 1. The molecule has 1 aromatic heterocycles. The maximum absolute atomic E-state index is 13.1. The van der Waals surface area contributed by atoms with Gasteiger partial charge in [0.1, 0.15) is 0 Å². The standard InChI is InChI=1S/C7H6BrF3N2/c8-3-2-13-4(1-12)6(9)5(3)7(10)11/h2,7H,1,12H2. The third-order valence-electron chi connectivity index (χ3n) is 1.49. The van der Waals surface area contributed by atoms with Crippen LogP contribution in [0.5, 0.6) is 0 Å². The van der Waals surface area contributed by atoms with Gasteiger partial charge >= 0.3 is 0 Å². The van der Waals surface area contributed by atoms with Gasteiger partial charge in [0.05, 0.1) is 11.3 Å². The van der Waals surface area contributed by atoms with Gasteiger partial charge in [-0.05, 0) is 15.9 Å². The Morgan fingerprint density at radius 1 is 1.54 bits per heavy atom. The van der Waals surface area contributed by atoms with Crippen LogP contribution >= 0.6 is 15.9 Å². The number of nitrogens with two attached hydrogens (primary N) is 1. The average molecular weight is 255 g/mol. The molecule has 1 aromatic rings. The van der Waals surface area contributed by atoms with Crippen LogP contribution in [0.25, 0.3) is 0 Å². The molecule has 0 unspecified atom stereocenters. The van der Waals surface area contributed by atoms with Crippen molar-refractivity contribution in [3.8, 4) is 0 Å². The number of rotatable bonds is 2. The quantitative estimate of drug-likeness (QED) is 0.881. The Kier molecular flexibility index (Phi) is 3.27. The van der Waals surface area contributed by atoms with Crippen LogP contribution in [0.3, 0.4) is 0 Å². The Labute approximate surface area is 81.1 Å². The minimum absolute atomic E-state index is 0.0443. The maximum Gasteiger partial charge on any atom is 0.267 e. The van der Waals surface area contributed by atoms with Crippen molar-refractivity contribution in [3.63, 3.8) is 0 Å². The monoisotopic (exact) mass is 254 g/mol. The smallest absolute Gasteiger partial charge is 0.267 e. The van der Waals surface area contributed by atoms with Gasteiger partial charge in [-0.25, -0.2) is 13.2 Å². The topological polar surface area (TPSA) is 38.9 Å². The second kappa shape index (κ2) is 4.06. The third-order valence-corrected chi connectivity index (χ3v) is 2.12. The third kappa shape index (κ3) is 2.00. The molecule has 13 heavy (non-hydrogen) atoms. The fraction of sp³-hybridized carbons (Fsp3) is 0.286. The molecule has 1 heterocycles. The van der Waals surface area contributed by atoms with Crippen molar-refractivity contribution in [2.24, 2.45) is 5.73 Å². The lowest BCUT2D eigenvalue weighted by Crippen LogP contribution is -2.06.